The minimum Gasteiger partial charge on any atom is -0.485 e. The highest BCUT2D eigenvalue weighted by atomic mass is 79.9. The van der Waals surface area contributed by atoms with Crippen LogP contribution in [-0.4, -0.2) is 17.3 Å². The van der Waals surface area contributed by atoms with E-state index in [-0.39, 0.29) is 23.1 Å². The maximum absolute atomic E-state index is 11.9. The summed E-state index contributed by atoms with van der Waals surface area (Å²) >= 11 is 9.05. The Kier molecular flexibility index (Phi) is 4.93. The number of carbonyl (C=O) groups excluding carboxylic acids is 1. The van der Waals surface area contributed by atoms with Crippen LogP contribution in [0.25, 0.3) is 0 Å². The lowest BCUT2D eigenvalue weighted by molar-refractivity contribution is -0.384. The lowest BCUT2D eigenvalue weighted by Crippen LogP contribution is -2.11. The van der Waals surface area contributed by atoms with Crippen molar-refractivity contribution in [3.8, 4) is 5.75 Å². The van der Waals surface area contributed by atoms with E-state index in [4.69, 9.17) is 16.3 Å². The largest absolute Gasteiger partial charge is 0.485 e. The van der Waals surface area contributed by atoms with Crippen molar-refractivity contribution in [2.24, 2.45) is 0 Å². The summed E-state index contributed by atoms with van der Waals surface area (Å²) in [6.07, 6.45) is 0. The maximum atomic E-state index is 11.9. The van der Waals surface area contributed by atoms with Gasteiger partial charge in [-0.3, -0.25) is 14.9 Å². The van der Waals surface area contributed by atoms with E-state index in [1.165, 1.54) is 18.2 Å². The number of benzene rings is 2. The molecule has 0 radical (unpaired) electrons. The van der Waals surface area contributed by atoms with Crippen molar-refractivity contribution < 1.29 is 14.5 Å². The number of hydrogen-bond donors (Lipinski definition) is 0. The number of ketones is 1. The second-order valence-corrected chi connectivity index (χ2v) is 5.41. The number of nitro groups is 1. The minimum absolute atomic E-state index is 0.0337. The van der Waals surface area contributed by atoms with Crippen LogP contribution in [0.3, 0.4) is 0 Å². The maximum Gasteiger partial charge on any atom is 0.288 e. The normalized spacial score (nSPS) is 10.2. The SMILES string of the molecule is O=C(COc1ccc([N+](=O)[O-])c(Cl)c1)c1ccc(Br)cc1. The number of carbonyl (C=O) groups is 1. The Morgan fingerprint density at radius 2 is 1.90 bits per heavy atom. The molecule has 0 aliphatic carbocycles. The van der Waals surface area contributed by atoms with E-state index in [1.807, 2.05) is 0 Å². The lowest BCUT2D eigenvalue weighted by Gasteiger charge is -2.06. The summed E-state index contributed by atoms with van der Waals surface area (Å²) in [6.45, 7) is -0.171. The monoisotopic (exact) mass is 369 g/mol. The van der Waals surface area contributed by atoms with Gasteiger partial charge in [0.25, 0.3) is 5.69 Å². The standard InChI is InChI=1S/C14H9BrClNO4/c15-10-3-1-9(2-4-10)14(18)8-21-11-5-6-13(17(19)20)12(16)7-11/h1-7H,8H2. The van der Waals surface area contributed by atoms with E-state index in [1.54, 1.807) is 24.3 Å². The van der Waals surface area contributed by atoms with Crippen LogP contribution in [0.2, 0.25) is 5.02 Å². The van der Waals surface area contributed by atoms with Crippen molar-refractivity contribution >= 4 is 39.0 Å². The molecule has 0 bridgehead atoms. The molecule has 0 N–H and O–H groups in total. The first-order valence-corrected chi connectivity index (χ1v) is 7.00. The van der Waals surface area contributed by atoms with Gasteiger partial charge in [0.15, 0.2) is 12.4 Å². The Labute approximate surface area is 133 Å². The molecule has 0 fully saturated rings. The highest BCUT2D eigenvalue weighted by molar-refractivity contribution is 9.10. The molecule has 0 heterocycles. The topological polar surface area (TPSA) is 69.4 Å². The molecule has 2 rings (SSSR count). The van der Waals surface area contributed by atoms with Gasteiger partial charge in [-0.05, 0) is 18.2 Å². The molecule has 0 aliphatic heterocycles. The van der Waals surface area contributed by atoms with Gasteiger partial charge in [0.05, 0.1) is 4.92 Å². The fraction of sp³-hybridized carbons (Fsp3) is 0.0714. The van der Waals surface area contributed by atoms with E-state index < -0.39 is 4.92 Å². The molecular formula is C14H9BrClNO4. The predicted molar refractivity (Wildman–Crippen MR) is 82.1 cm³/mol. The van der Waals surface area contributed by atoms with Crippen molar-refractivity contribution in [1.82, 2.24) is 0 Å². The van der Waals surface area contributed by atoms with Gasteiger partial charge >= 0.3 is 0 Å². The molecule has 0 amide bonds. The van der Waals surface area contributed by atoms with E-state index >= 15 is 0 Å². The summed E-state index contributed by atoms with van der Waals surface area (Å²) in [5, 5.41) is 10.6. The Balaban J connectivity index is 2.03. The Bertz CT molecular complexity index is 688. The summed E-state index contributed by atoms with van der Waals surface area (Å²) in [7, 11) is 0. The van der Waals surface area contributed by atoms with Crippen molar-refractivity contribution in [3.63, 3.8) is 0 Å². The molecule has 0 unspecified atom stereocenters. The molecule has 2 aromatic rings. The first-order chi connectivity index (χ1) is 9.97. The molecule has 108 valence electrons. The van der Waals surface area contributed by atoms with Gasteiger partial charge in [-0.25, -0.2) is 0 Å². The molecule has 0 aliphatic rings. The Morgan fingerprint density at radius 3 is 2.48 bits per heavy atom. The molecule has 21 heavy (non-hydrogen) atoms. The van der Waals surface area contributed by atoms with Crippen LogP contribution in [0, 0.1) is 10.1 Å². The summed E-state index contributed by atoms with van der Waals surface area (Å²) < 4.78 is 6.18. The molecule has 7 heteroatoms. The van der Waals surface area contributed by atoms with Crippen LogP contribution >= 0.6 is 27.5 Å². The Morgan fingerprint density at radius 1 is 1.24 bits per heavy atom. The third kappa shape index (κ3) is 4.03. The molecule has 0 atom stereocenters. The second kappa shape index (κ2) is 6.69. The summed E-state index contributed by atoms with van der Waals surface area (Å²) in [5.74, 6) is 0.105. The number of nitro benzene ring substituents is 1. The Hall–Kier alpha value is -1.92. The van der Waals surface area contributed by atoms with Crippen LogP contribution in [0.5, 0.6) is 5.75 Å². The predicted octanol–water partition coefficient (Wildman–Crippen LogP) is 4.27. The zero-order valence-electron chi connectivity index (χ0n) is 10.6. The van der Waals surface area contributed by atoms with Crippen LogP contribution in [-0.2, 0) is 0 Å². The van der Waals surface area contributed by atoms with Gasteiger partial charge in [0, 0.05) is 22.2 Å². The average Bonchev–Trinajstić information content (AvgIpc) is 2.45. The number of hydrogen-bond acceptors (Lipinski definition) is 4. The summed E-state index contributed by atoms with van der Waals surface area (Å²) in [4.78, 5) is 22.0. The van der Waals surface area contributed by atoms with Gasteiger partial charge in [0.2, 0.25) is 0 Å². The average molecular weight is 371 g/mol. The highest BCUT2D eigenvalue weighted by Crippen LogP contribution is 2.28. The first-order valence-electron chi connectivity index (χ1n) is 5.83. The van der Waals surface area contributed by atoms with Gasteiger partial charge in [-0.1, -0.05) is 39.7 Å². The number of halogens is 2. The van der Waals surface area contributed by atoms with Gasteiger partial charge in [0.1, 0.15) is 10.8 Å². The van der Waals surface area contributed by atoms with Crippen molar-refractivity contribution in [2.75, 3.05) is 6.61 Å². The highest BCUT2D eigenvalue weighted by Gasteiger charge is 2.13. The molecule has 0 spiro atoms. The van der Waals surface area contributed by atoms with E-state index in [0.717, 1.165) is 4.47 Å². The smallest absolute Gasteiger partial charge is 0.288 e. The molecule has 0 saturated carbocycles. The van der Waals surface area contributed by atoms with Crippen molar-refractivity contribution in [2.45, 2.75) is 0 Å². The molecule has 0 saturated heterocycles. The van der Waals surface area contributed by atoms with Crippen LogP contribution < -0.4 is 4.74 Å². The van der Waals surface area contributed by atoms with E-state index in [2.05, 4.69) is 15.9 Å². The molecule has 2 aromatic carbocycles. The lowest BCUT2D eigenvalue weighted by atomic mass is 10.1. The quantitative estimate of drug-likeness (QED) is 0.448. The molecule has 5 nitrogen and oxygen atoms in total. The first kappa shape index (κ1) is 15.5. The number of nitrogens with zero attached hydrogens (tertiary/aromatic N) is 1. The fourth-order valence-electron chi connectivity index (χ4n) is 1.59. The van der Waals surface area contributed by atoms with Gasteiger partial charge in [-0.15, -0.1) is 0 Å². The second-order valence-electron chi connectivity index (χ2n) is 4.09. The third-order valence-corrected chi connectivity index (χ3v) is 3.48. The molecule has 0 aromatic heterocycles. The van der Waals surface area contributed by atoms with Gasteiger partial charge < -0.3 is 4.74 Å². The van der Waals surface area contributed by atoms with Crippen LogP contribution in [0.1, 0.15) is 10.4 Å². The third-order valence-electron chi connectivity index (χ3n) is 2.65. The fourth-order valence-corrected chi connectivity index (χ4v) is 2.10. The van der Waals surface area contributed by atoms with E-state index in [0.29, 0.717) is 11.3 Å². The minimum atomic E-state index is -0.584. The zero-order valence-corrected chi connectivity index (χ0v) is 12.9. The number of rotatable bonds is 5. The van der Waals surface area contributed by atoms with Crippen molar-refractivity contribution in [3.05, 3.63) is 67.6 Å². The number of Topliss-reactive ketones (excluding diaryl/α,β-unsaturated/α-hetero) is 1. The van der Waals surface area contributed by atoms with Gasteiger partial charge in [-0.2, -0.15) is 0 Å². The zero-order chi connectivity index (χ0) is 15.4. The van der Waals surface area contributed by atoms with E-state index in [9.17, 15) is 14.9 Å². The number of ether oxygens (including phenoxy) is 1. The summed E-state index contributed by atoms with van der Waals surface area (Å²) in [6, 6.07) is 10.8. The summed E-state index contributed by atoms with van der Waals surface area (Å²) in [5.41, 5.74) is 0.314. The van der Waals surface area contributed by atoms with Crippen LogP contribution in [0.4, 0.5) is 5.69 Å². The van der Waals surface area contributed by atoms with Crippen LogP contribution in [0.15, 0.2) is 46.9 Å². The van der Waals surface area contributed by atoms with Crippen molar-refractivity contribution in [1.29, 1.82) is 0 Å². The molecular weight excluding hydrogens is 362 g/mol.